The van der Waals surface area contributed by atoms with E-state index in [0.717, 1.165) is 5.56 Å². The number of esters is 1. The third-order valence-corrected chi connectivity index (χ3v) is 2.71. The van der Waals surface area contributed by atoms with Gasteiger partial charge >= 0.3 is 5.97 Å². The van der Waals surface area contributed by atoms with Crippen LogP contribution >= 0.6 is 0 Å². The molecule has 1 aromatic rings. The Balaban J connectivity index is 3.40. The molecule has 0 aromatic heterocycles. The molecule has 0 amide bonds. The number of hydrogen-bond acceptors (Lipinski definition) is 5. The van der Waals surface area contributed by atoms with Gasteiger partial charge in [-0.25, -0.2) is 4.79 Å². The summed E-state index contributed by atoms with van der Waals surface area (Å²) in [6, 6.07) is 9.02. The number of allylic oxidation sites excluding steroid dienone is 2. The van der Waals surface area contributed by atoms with Gasteiger partial charge in [-0.15, -0.1) is 0 Å². The summed E-state index contributed by atoms with van der Waals surface area (Å²) >= 11 is 0. The first-order valence-corrected chi connectivity index (χ1v) is 6.25. The predicted molar refractivity (Wildman–Crippen MR) is 80.4 cm³/mol. The van der Waals surface area contributed by atoms with Gasteiger partial charge in [0.2, 0.25) is 0 Å². The average Bonchev–Trinajstić information content (AvgIpc) is 2.50. The molecule has 0 fully saturated rings. The molecule has 0 aliphatic heterocycles. The smallest absolute Gasteiger partial charge is 0.349 e. The van der Waals surface area contributed by atoms with E-state index in [4.69, 9.17) is 4.74 Å². The Hall–Kier alpha value is -2.74. The highest BCUT2D eigenvalue weighted by atomic mass is 16.5. The van der Waals surface area contributed by atoms with Crippen LogP contribution in [0, 0.1) is 11.3 Å². The van der Waals surface area contributed by atoms with Crippen molar-refractivity contribution in [3.05, 3.63) is 47.7 Å². The van der Waals surface area contributed by atoms with Gasteiger partial charge in [0.15, 0.2) is 0 Å². The van der Waals surface area contributed by atoms with E-state index in [2.05, 4.69) is 4.74 Å². The van der Waals surface area contributed by atoms with E-state index in [-0.39, 0.29) is 5.57 Å². The van der Waals surface area contributed by atoms with E-state index in [1.54, 1.807) is 43.7 Å². The first kappa shape index (κ1) is 16.3. The van der Waals surface area contributed by atoms with Gasteiger partial charge in [-0.3, -0.25) is 0 Å². The molecule has 1 aromatic carbocycles. The molecule has 21 heavy (non-hydrogen) atoms. The van der Waals surface area contributed by atoms with Crippen molar-refractivity contribution in [1.29, 1.82) is 5.26 Å². The number of carbonyl (C=O) groups is 1. The van der Waals surface area contributed by atoms with Crippen LogP contribution in [0.15, 0.2) is 42.1 Å². The summed E-state index contributed by atoms with van der Waals surface area (Å²) in [5, 5.41) is 9.24. The summed E-state index contributed by atoms with van der Waals surface area (Å²) in [5.41, 5.74) is 1.19. The maximum atomic E-state index is 11.8. The van der Waals surface area contributed by atoms with Crippen molar-refractivity contribution in [2.45, 2.75) is 0 Å². The fourth-order valence-corrected chi connectivity index (χ4v) is 1.64. The maximum absolute atomic E-state index is 11.8. The van der Waals surface area contributed by atoms with E-state index in [9.17, 15) is 10.1 Å². The molecule has 110 valence electrons. The fourth-order valence-electron chi connectivity index (χ4n) is 1.64. The van der Waals surface area contributed by atoms with Crippen molar-refractivity contribution in [3.63, 3.8) is 0 Å². The van der Waals surface area contributed by atoms with Crippen LogP contribution in [0.3, 0.4) is 0 Å². The third-order valence-electron chi connectivity index (χ3n) is 2.71. The van der Waals surface area contributed by atoms with Gasteiger partial charge < -0.3 is 14.4 Å². The van der Waals surface area contributed by atoms with E-state index < -0.39 is 5.97 Å². The Morgan fingerprint density at radius 3 is 2.29 bits per heavy atom. The van der Waals surface area contributed by atoms with Crippen LogP contribution in [0.2, 0.25) is 0 Å². The molecule has 0 radical (unpaired) electrons. The molecule has 0 unspecified atom stereocenters. The standard InChI is InChI=1S/C16H18N2O3/c1-18(2)10-9-14(15(11-17)16(19)21-4)12-5-7-13(20-3)8-6-12/h5-10H,1-4H3/b10-9-,15-14+. The molecule has 0 saturated carbocycles. The van der Waals surface area contributed by atoms with Crippen LogP contribution in [-0.4, -0.2) is 39.2 Å². The van der Waals surface area contributed by atoms with Gasteiger partial charge in [-0.2, -0.15) is 5.26 Å². The van der Waals surface area contributed by atoms with Crippen molar-refractivity contribution in [1.82, 2.24) is 4.90 Å². The number of carbonyl (C=O) groups excluding carboxylic acids is 1. The van der Waals surface area contributed by atoms with Gasteiger partial charge in [-0.1, -0.05) is 12.1 Å². The first-order chi connectivity index (χ1) is 10.0. The molecular formula is C16H18N2O3. The molecule has 0 heterocycles. The van der Waals surface area contributed by atoms with Crippen molar-refractivity contribution >= 4 is 11.5 Å². The van der Waals surface area contributed by atoms with Gasteiger partial charge in [0.25, 0.3) is 0 Å². The van der Waals surface area contributed by atoms with Gasteiger partial charge in [0.1, 0.15) is 17.4 Å². The lowest BCUT2D eigenvalue weighted by molar-refractivity contribution is -0.135. The number of ether oxygens (including phenoxy) is 2. The van der Waals surface area contributed by atoms with Crippen molar-refractivity contribution in [2.24, 2.45) is 0 Å². The average molecular weight is 286 g/mol. The van der Waals surface area contributed by atoms with E-state index in [1.165, 1.54) is 7.11 Å². The van der Waals surface area contributed by atoms with Crippen LogP contribution in [0.4, 0.5) is 0 Å². The lowest BCUT2D eigenvalue weighted by Gasteiger charge is -2.09. The minimum absolute atomic E-state index is 0.0410. The molecular weight excluding hydrogens is 268 g/mol. The third kappa shape index (κ3) is 4.39. The number of nitrogens with zero attached hydrogens (tertiary/aromatic N) is 2. The highest BCUT2D eigenvalue weighted by molar-refractivity contribution is 6.03. The summed E-state index contributed by atoms with van der Waals surface area (Å²) in [4.78, 5) is 13.6. The summed E-state index contributed by atoms with van der Waals surface area (Å²) in [6.07, 6.45) is 3.47. The summed E-state index contributed by atoms with van der Waals surface area (Å²) in [6.45, 7) is 0. The number of benzene rings is 1. The lowest BCUT2D eigenvalue weighted by atomic mass is 10.00. The Bertz CT molecular complexity index is 593. The molecule has 0 bridgehead atoms. The molecule has 0 saturated heterocycles. The summed E-state index contributed by atoms with van der Waals surface area (Å²) < 4.78 is 9.77. The minimum Gasteiger partial charge on any atom is -0.497 e. The van der Waals surface area contributed by atoms with Crippen molar-refractivity contribution < 1.29 is 14.3 Å². The fraction of sp³-hybridized carbons (Fsp3) is 0.250. The molecule has 0 aliphatic carbocycles. The highest BCUT2D eigenvalue weighted by Crippen LogP contribution is 2.23. The number of methoxy groups -OCH3 is 2. The van der Waals surface area contributed by atoms with Gasteiger partial charge in [0.05, 0.1) is 14.2 Å². The Labute approximate surface area is 124 Å². The molecule has 5 nitrogen and oxygen atoms in total. The second-order valence-electron chi connectivity index (χ2n) is 4.40. The molecule has 5 heteroatoms. The van der Waals surface area contributed by atoms with Crippen LogP contribution < -0.4 is 4.74 Å². The molecule has 0 N–H and O–H groups in total. The Morgan fingerprint density at radius 1 is 1.24 bits per heavy atom. The lowest BCUT2D eigenvalue weighted by Crippen LogP contribution is -2.06. The highest BCUT2D eigenvalue weighted by Gasteiger charge is 2.15. The van der Waals surface area contributed by atoms with E-state index in [0.29, 0.717) is 11.3 Å². The van der Waals surface area contributed by atoms with Crippen molar-refractivity contribution in [3.8, 4) is 11.8 Å². The van der Waals surface area contributed by atoms with E-state index in [1.807, 2.05) is 25.1 Å². The van der Waals surface area contributed by atoms with Crippen LogP contribution in [0.1, 0.15) is 5.56 Å². The summed E-state index contributed by atoms with van der Waals surface area (Å²) in [5.74, 6) is 0.0398. The van der Waals surface area contributed by atoms with Crippen LogP contribution in [-0.2, 0) is 9.53 Å². The number of hydrogen-bond donors (Lipinski definition) is 0. The normalized spacial score (nSPS) is 11.6. The second-order valence-corrected chi connectivity index (χ2v) is 4.40. The Morgan fingerprint density at radius 2 is 1.86 bits per heavy atom. The van der Waals surface area contributed by atoms with Crippen LogP contribution in [0.5, 0.6) is 5.75 Å². The molecule has 0 atom stereocenters. The largest absolute Gasteiger partial charge is 0.497 e. The monoisotopic (exact) mass is 286 g/mol. The van der Waals surface area contributed by atoms with Gasteiger partial charge in [-0.05, 0) is 30.0 Å². The number of nitriles is 1. The molecule has 0 spiro atoms. The zero-order valence-corrected chi connectivity index (χ0v) is 12.6. The molecule has 0 aliphatic rings. The topological polar surface area (TPSA) is 62.6 Å². The predicted octanol–water partition coefficient (Wildman–Crippen LogP) is 2.22. The minimum atomic E-state index is -0.660. The zero-order valence-electron chi connectivity index (χ0n) is 12.6. The van der Waals surface area contributed by atoms with Crippen molar-refractivity contribution in [2.75, 3.05) is 28.3 Å². The second kappa shape index (κ2) is 7.75. The Kier molecular flexibility index (Phi) is 6.02. The first-order valence-electron chi connectivity index (χ1n) is 6.25. The van der Waals surface area contributed by atoms with Crippen LogP contribution in [0.25, 0.3) is 5.57 Å². The van der Waals surface area contributed by atoms with Gasteiger partial charge in [0, 0.05) is 19.7 Å². The quantitative estimate of drug-likeness (QED) is 0.359. The SMILES string of the molecule is COC(=O)/C(C#N)=C(\C=C/N(C)C)c1ccc(OC)cc1. The summed E-state index contributed by atoms with van der Waals surface area (Å²) in [7, 11) is 6.53. The van der Waals surface area contributed by atoms with E-state index >= 15 is 0 Å². The molecule has 1 rings (SSSR count). The number of rotatable bonds is 5. The zero-order chi connectivity index (χ0) is 15.8. The maximum Gasteiger partial charge on any atom is 0.349 e.